The van der Waals surface area contributed by atoms with Crippen molar-refractivity contribution in [2.75, 3.05) is 6.54 Å². The van der Waals surface area contributed by atoms with Crippen molar-refractivity contribution in [1.82, 2.24) is 15.1 Å². The second kappa shape index (κ2) is 8.16. The Morgan fingerprint density at radius 1 is 1.32 bits per heavy atom. The molecule has 1 amide bonds. The second-order valence-electron chi connectivity index (χ2n) is 6.41. The van der Waals surface area contributed by atoms with Crippen molar-refractivity contribution in [2.24, 2.45) is 11.8 Å². The van der Waals surface area contributed by atoms with E-state index in [1.54, 1.807) is 16.8 Å². The van der Waals surface area contributed by atoms with Gasteiger partial charge in [0.2, 0.25) is 0 Å². The van der Waals surface area contributed by atoms with Crippen LogP contribution in [0.1, 0.15) is 36.5 Å². The van der Waals surface area contributed by atoms with Crippen LogP contribution in [0.4, 0.5) is 0 Å². The van der Waals surface area contributed by atoms with Gasteiger partial charge < -0.3 is 10.4 Å². The maximum atomic E-state index is 12.3. The van der Waals surface area contributed by atoms with Crippen LogP contribution in [-0.2, 0) is 4.79 Å². The molecule has 1 aromatic heterocycles. The molecule has 0 saturated carbocycles. The number of hydrogen-bond acceptors (Lipinski definition) is 3. The molecule has 0 aliphatic carbocycles. The number of aliphatic carboxylic acids is 1. The van der Waals surface area contributed by atoms with Crippen LogP contribution in [0.5, 0.6) is 0 Å². The van der Waals surface area contributed by atoms with Crippen molar-refractivity contribution in [3.8, 4) is 5.69 Å². The molecule has 2 rings (SSSR count). The van der Waals surface area contributed by atoms with Gasteiger partial charge in [-0.25, -0.2) is 4.68 Å². The molecule has 6 nitrogen and oxygen atoms in total. The molecule has 1 atom stereocenters. The number of hydrogen-bond donors (Lipinski definition) is 2. The minimum Gasteiger partial charge on any atom is -0.481 e. The lowest BCUT2D eigenvalue weighted by Crippen LogP contribution is -2.34. The van der Waals surface area contributed by atoms with E-state index in [-0.39, 0.29) is 18.2 Å². The number of carbonyl (C=O) groups excluding carboxylic acids is 1. The molecule has 0 radical (unpaired) electrons. The maximum Gasteiger partial charge on any atom is 0.308 e. The number of halogens is 1. The van der Waals surface area contributed by atoms with E-state index in [1.165, 1.54) is 0 Å². The number of nitrogens with zero attached hydrogens (tertiary/aromatic N) is 2. The third kappa shape index (κ3) is 4.82. The average molecular weight is 364 g/mol. The van der Waals surface area contributed by atoms with Gasteiger partial charge in [-0.3, -0.25) is 9.59 Å². The molecule has 2 aromatic rings. The van der Waals surface area contributed by atoms with Crippen molar-refractivity contribution in [2.45, 2.75) is 27.2 Å². The number of carboxylic acids is 1. The first kappa shape index (κ1) is 19.0. The fourth-order valence-electron chi connectivity index (χ4n) is 2.60. The Bertz CT molecular complexity index is 771. The molecule has 0 saturated heterocycles. The highest BCUT2D eigenvalue weighted by molar-refractivity contribution is 6.32. The summed E-state index contributed by atoms with van der Waals surface area (Å²) in [5.41, 5.74) is 1.67. The highest BCUT2D eigenvalue weighted by atomic mass is 35.5. The van der Waals surface area contributed by atoms with E-state index in [0.29, 0.717) is 17.1 Å². The van der Waals surface area contributed by atoms with Crippen LogP contribution >= 0.6 is 11.6 Å². The highest BCUT2D eigenvalue weighted by Crippen LogP contribution is 2.21. The van der Waals surface area contributed by atoms with Crippen molar-refractivity contribution in [3.05, 3.63) is 46.7 Å². The van der Waals surface area contributed by atoms with Crippen molar-refractivity contribution < 1.29 is 14.7 Å². The Kier molecular flexibility index (Phi) is 6.20. The molecule has 1 aromatic carbocycles. The van der Waals surface area contributed by atoms with Crippen molar-refractivity contribution >= 4 is 23.5 Å². The minimum absolute atomic E-state index is 0.0738. The monoisotopic (exact) mass is 363 g/mol. The number of benzene rings is 1. The number of rotatable bonds is 7. The Hall–Kier alpha value is -2.34. The van der Waals surface area contributed by atoms with Gasteiger partial charge in [0.25, 0.3) is 5.91 Å². The largest absolute Gasteiger partial charge is 0.481 e. The average Bonchev–Trinajstić information content (AvgIpc) is 2.93. The number of carboxylic acid groups (broad SMARTS) is 1. The van der Waals surface area contributed by atoms with Gasteiger partial charge in [-0.15, -0.1) is 0 Å². The van der Waals surface area contributed by atoms with Crippen molar-refractivity contribution in [1.29, 1.82) is 0 Å². The number of aromatic nitrogens is 2. The predicted molar refractivity (Wildman–Crippen MR) is 96.2 cm³/mol. The summed E-state index contributed by atoms with van der Waals surface area (Å²) in [4.78, 5) is 23.6. The zero-order valence-electron chi connectivity index (χ0n) is 14.5. The van der Waals surface area contributed by atoms with Gasteiger partial charge in [-0.2, -0.15) is 5.10 Å². The lowest BCUT2D eigenvalue weighted by atomic mass is 9.97. The first-order valence-corrected chi connectivity index (χ1v) is 8.50. The van der Waals surface area contributed by atoms with Crippen LogP contribution in [0.2, 0.25) is 5.02 Å². The Morgan fingerprint density at radius 2 is 2.00 bits per heavy atom. The Balaban J connectivity index is 2.12. The third-order valence-corrected chi connectivity index (χ3v) is 4.13. The molecule has 0 bridgehead atoms. The van der Waals surface area contributed by atoms with Gasteiger partial charge in [0.1, 0.15) is 0 Å². The first-order chi connectivity index (χ1) is 11.8. The quantitative estimate of drug-likeness (QED) is 0.790. The highest BCUT2D eigenvalue weighted by Gasteiger charge is 2.21. The first-order valence-electron chi connectivity index (χ1n) is 8.12. The fourth-order valence-corrected chi connectivity index (χ4v) is 2.82. The zero-order chi connectivity index (χ0) is 18.6. The van der Waals surface area contributed by atoms with E-state index in [2.05, 4.69) is 10.4 Å². The molecular formula is C18H22ClN3O3. The molecule has 134 valence electrons. The minimum atomic E-state index is -0.910. The topological polar surface area (TPSA) is 84.2 Å². The molecule has 2 N–H and O–H groups in total. The fraction of sp³-hybridized carbons (Fsp3) is 0.389. The van der Waals surface area contributed by atoms with Crippen LogP contribution in [0, 0.1) is 18.8 Å². The van der Waals surface area contributed by atoms with Crippen molar-refractivity contribution in [3.63, 3.8) is 0 Å². The Morgan fingerprint density at radius 3 is 2.60 bits per heavy atom. The van der Waals surface area contributed by atoms with E-state index in [4.69, 9.17) is 11.6 Å². The van der Waals surface area contributed by atoms with E-state index in [9.17, 15) is 14.7 Å². The van der Waals surface area contributed by atoms with Gasteiger partial charge >= 0.3 is 5.97 Å². The van der Waals surface area contributed by atoms with Gasteiger partial charge in [-0.1, -0.05) is 37.6 Å². The summed E-state index contributed by atoms with van der Waals surface area (Å²) in [6.07, 6.45) is 0.503. The lowest BCUT2D eigenvalue weighted by molar-refractivity contribution is -0.142. The third-order valence-electron chi connectivity index (χ3n) is 3.81. The molecule has 0 aliphatic heterocycles. The number of aryl methyl sites for hydroxylation is 1. The predicted octanol–water partition coefficient (Wildman–Crippen LogP) is 3.31. The number of carbonyl (C=O) groups is 2. The second-order valence-corrected chi connectivity index (χ2v) is 6.82. The van der Waals surface area contributed by atoms with Gasteiger partial charge in [-0.05, 0) is 37.5 Å². The number of para-hydroxylation sites is 1. The van der Waals surface area contributed by atoms with Crippen LogP contribution in [0.3, 0.4) is 0 Å². The van der Waals surface area contributed by atoms with Crippen LogP contribution < -0.4 is 5.32 Å². The van der Waals surface area contributed by atoms with Gasteiger partial charge in [0.05, 0.1) is 16.6 Å². The summed E-state index contributed by atoms with van der Waals surface area (Å²) < 4.78 is 1.60. The summed E-state index contributed by atoms with van der Waals surface area (Å²) in [5.74, 6) is -1.69. The molecule has 25 heavy (non-hydrogen) atoms. The normalized spacial score (nSPS) is 12.2. The van der Waals surface area contributed by atoms with Crippen LogP contribution in [-0.4, -0.2) is 33.3 Å². The summed E-state index contributed by atoms with van der Waals surface area (Å²) in [6, 6.07) is 8.87. The lowest BCUT2D eigenvalue weighted by Gasteiger charge is -2.14. The van der Waals surface area contributed by atoms with E-state index >= 15 is 0 Å². The van der Waals surface area contributed by atoms with Gasteiger partial charge in [0.15, 0.2) is 5.69 Å². The molecular weight excluding hydrogens is 342 g/mol. The summed E-state index contributed by atoms with van der Waals surface area (Å²) in [5, 5.41) is 16.7. The van der Waals surface area contributed by atoms with E-state index in [0.717, 1.165) is 5.69 Å². The molecule has 7 heteroatoms. The molecule has 1 heterocycles. The van der Waals surface area contributed by atoms with E-state index in [1.807, 2.05) is 39.0 Å². The molecule has 1 unspecified atom stereocenters. The maximum absolute atomic E-state index is 12.3. The Labute approximate surface area is 151 Å². The number of nitrogens with one attached hydrogen (secondary N) is 1. The SMILES string of the molecule is Cc1cc(C(=O)NCC(CC(C)C)C(=O)O)nn1-c1ccccc1Cl. The van der Waals surface area contributed by atoms with E-state index < -0.39 is 17.8 Å². The van der Waals surface area contributed by atoms with Gasteiger partial charge in [0, 0.05) is 12.2 Å². The standard InChI is InChI=1S/C18H22ClN3O3/c1-11(2)8-13(18(24)25)10-20-17(23)15-9-12(3)22(21-15)16-7-5-4-6-14(16)19/h4-7,9,11,13H,8,10H2,1-3H3,(H,20,23)(H,24,25). The summed E-state index contributed by atoms with van der Waals surface area (Å²) in [7, 11) is 0. The number of amides is 1. The smallest absolute Gasteiger partial charge is 0.308 e. The van der Waals surface area contributed by atoms with Crippen LogP contribution in [0.25, 0.3) is 5.69 Å². The van der Waals surface area contributed by atoms with Crippen LogP contribution in [0.15, 0.2) is 30.3 Å². The summed E-state index contributed by atoms with van der Waals surface area (Å²) in [6.45, 7) is 5.80. The molecule has 0 fully saturated rings. The molecule has 0 spiro atoms. The molecule has 0 aliphatic rings. The zero-order valence-corrected chi connectivity index (χ0v) is 15.2. The summed E-state index contributed by atoms with van der Waals surface area (Å²) >= 11 is 6.18.